The fourth-order valence-corrected chi connectivity index (χ4v) is 7.28. The van der Waals surface area contributed by atoms with E-state index in [0.717, 1.165) is 72.4 Å². The van der Waals surface area contributed by atoms with Gasteiger partial charge in [-0.15, -0.1) is 0 Å². The second kappa shape index (κ2) is 13.8. The molecule has 0 radical (unpaired) electrons. The van der Waals surface area contributed by atoms with E-state index in [1.54, 1.807) is 0 Å². The van der Waals surface area contributed by atoms with Crippen molar-refractivity contribution in [2.24, 2.45) is 0 Å². The zero-order valence-corrected chi connectivity index (χ0v) is 29.7. The van der Waals surface area contributed by atoms with E-state index in [1.165, 1.54) is 5.39 Å². The number of nitrogens with zero attached hydrogens (tertiary/aromatic N) is 6. The van der Waals surface area contributed by atoms with E-state index in [1.807, 2.05) is 103 Å². The van der Waals surface area contributed by atoms with Crippen LogP contribution in [0.25, 0.3) is 95.3 Å². The molecular formula is C49H32N6. The highest BCUT2D eigenvalue weighted by Gasteiger charge is 2.17. The lowest BCUT2D eigenvalue weighted by Crippen LogP contribution is -2.00. The third-order valence-electron chi connectivity index (χ3n) is 9.95. The molecule has 0 saturated carbocycles. The van der Waals surface area contributed by atoms with Gasteiger partial charge in [0.1, 0.15) is 5.82 Å². The summed E-state index contributed by atoms with van der Waals surface area (Å²) in [5, 5.41) is 2.33. The van der Waals surface area contributed by atoms with Crippen molar-refractivity contribution < 1.29 is 0 Å². The van der Waals surface area contributed by atoms with E-state index in [-0.39, 0.29) is 0 Å². The maximum absolute atomic E-state index is 5.11. The van der Waals surface area contributed by atoms with Crippen LogP contribution in [0.15, 0.2) is 194 Å². The van der Waals surface area contributed by atoms with E-state index < -0.39 is 0 Å². The molecule has 0 N–H and O–H groups in total. The maximum atomic E-state index is 5.11. The molecule has 6 nitrogen and oxygen atoms in total. The van der Waals surface area contributed by atoms with E-state index >= 15 is 0 Å². The van der Waals surface area contributed by atoms with Crippen LogP contribution in [0, 0.1) is 0 Å². The highest BCUT2D eigenvalue weighted by Crippen LogP contribution is 2.38. The first-order valence-corrected chi connectivity index (χ1v) is 18.2. The van der Waals surface area contributed by atoms with Crippen LogP contribution in [0.1, 0.15) is 0 Å². The number of hydrogen-bond donors (Lipinski definition) is 0. The molecule has 0 bridgehead atoms. The molecule has 0 fully saturated rings. The normalized spacial score (nSPS) is 11.3. The number of benzene rings is 6. The number of fused-ring (bicyclic) bond motifs is 3. The lowest BCUT2D eigenvalue weighted by atomic mass is 9.94. The van der Waals surface area contributed by atoms with Crippen LogP contribution in [0.5, 0.6) is 0 Å². The van der Waals surface area contributed by atoms with Crippen molar-refractivity contribution in [1.29, 1.82) is 0 Å². The second-order valence-electron chi connectivity index (χ2n) is 13.4. The van der Waals surface area contributed by atoms with Gasteiger partial charge < -0.3 is 0 Å². The van der Waals surface area contributed by atoms with Gasteiger partial charge in [-0.1, -0.05) is 121 Å². The molecule has 0 atom stereocenters. The summed E-state index contributed by atoms with van der Waals surface area (Å²) in [4.78, 5) is 24.5. The highest BCUT2D eigenvalue weighted by molar-refractivity contribution is 6.10. The van der Waals surface area contributed by atoms with Crippen LogP contribution in [-0.2, 0) is 0 Å². The second-order valence-corrected chi connectivity index (χ2v) is 13.4. The molecule has 4 heterocycles. The summed E-state index contributed by atoms with van der Waals surface area (Å²) in [5.41, 5.74) is 11.3. The third-order valence-corrected chi connectivity index (χ3v) is 9.95. The van der Waals surface area contributed by atoms with Crippen molar-refractivity contribution >= 4 is 21.8 Å². The van der Waals surface area contributed by atoms with E-state index in [9.17, 15) is 0 Å². The minimum atomic E-state index is 0.605. The zero-order chi connectivity index (χ0) is 36.6. The Bertz CT molecular complexity index is 2890. The van der Waals surface area contributed by atoms with Crippen LogP contribution < -0.4 is 0 Å². The Kier molecular flexibility index (Phi) is 8.04. The van der Waals surface area contributed by atoms with E-state index in [0.29, 0.717) is 17.5 Å². The average molecular weight is 705 g/mol. The highest BCUT2D eigenvalue weighted by atomic mass is 15.1. The van der Waals surface area contributed by atoms with E-state index in [2.05, 4.69) is 101 Å². The fourth-order valence-electron chi connectivity index (χ4n) is 7.28. The lowest BCUT2D eigenvalue weighted by molar-refractivity contribution is 1.07. The van der Waals surface area contributed by atoms with Gasteiger partial charge in [0, 0.05) is 45.4 Å². The van der Waals surface area contributed by atoms with Crippen molar-refractivity contribution in [3.8, 4) is 73.5 Å². The van der Waals surface area contributed by atoms with Gasteiger partial charge >= 0.3 is 0 Å². The molecule has 4 aromatic heterocycles. The van der Waals surface area contributed by atoms with E-state index in [4.69, 9.17) is 19.9 Å². The summed E-state index contributed by atoms with van der Waals surface area (Å²) >= 11 is 0. The molecule has 0 aliphatic rings. The Labute approximate surface area is 318 Å². The van der Waals surface area contributed by atoms with Gasteiger partial charge in [0.25, 0.3) is 0 Å². The first-order valence-electron chi connectivity index (χ1n) is 18.2. The van der Waals surface area contributed by atoms with Crippen molar-refractivity contribution in [3.05, 3.63) is 194 Å². The van der Waals surface area contributed by atoms with Crippen LogP contribution in [0.4, 0.5) is 0 Å². The van der Waals surface area contributed by atoms with Crippen LogP contribution in [-0.4, -0.2) is 29.5 Å². The molecule has 0 aliphatic carbocycles. The Morgan fingerprint density at radius 2 is 0.836 bits per heavy atom. The molecule has 0 amide bonds. The smallest absolute Gasteiger partial charge is 0.164 e. The van der Waals surface area contributed by atoms with Gasteiger partial charge in [0.2, 0.25) is 0 Å². The summed E-state index contributed by atoms with van der Waals surface area (Å²) in [6.07, 6.45) is 3.67. The van der Waals surface area contributed by atoms with Gasteiger partial charge in [-0.05, 0) is 82.9 Å². The van der Waals surface area contributed by atoms with Crippen molar-refractivity contribution in [1.82, 2.24) is 29.5 Å². The quantitative estimate of drug-likeness (QED) is 0.165. The number of pyridine rings is 2. The molecule has 10 rings (SSSR count). The van der Waals surface area contributed by atoms with Gasteiger partial charge in [-0.2, -0.15) is 0 Å². The van der Waals surface area contributed by atoms with Gasteiger partial charge in [-0.3, -0.25) is 9.55 Å². The van der Waals surface area contributed by atoms with Gasteiger partial charge in [0.15, 0.2) is 17.5 Å². The van der Waals surface area contributed by atoms with Crippen molar-refractivity contribution in [2.45, 2.75) is 0 Å². The number of hydrogen-bond acceptors (Lipinski definition) is 5. The molecule has 10 aromatic rings. The molecule has 0 aliphatic heterocycles. The zero-order valence-electron chi connectivity index (χ0n) is 29.7. The number of rotatable bonds is 7. The molecule has 0 unspecified atom stereocenters. The Morgan fingerprint density at radius 1 is 0.309 bits per heavy atom. The summed E-state index contributed by atoms with van der Waals surface area (Å²) in [6.45, 7) is 0. The summed E-state index contributed by atoms with van der Waals surface area (Å²) in [7, 11) is 0. The Morgan fingerprint density at radius 3 is 1.49 bits per heavy atom. The first kappa shape index (κ1) is 32.1. The molecule has 258 valence electrons. The standard InChI is InChI=1S/C49H32N6/c1-3-13-35(14-4-1)47-52-48(36-15-5-2-6-16-36)54-49(53-47)40-30-38(33-21-23-34(24-22-33)43-18-9-11-27-50-43)29-39(31-40)37-25-26-45-42(32-37)41-17-7-8-19-44(41)55(45)46-20-10-12-28-51-46/h1-32H. The third kappa shape index (κ3) is 6.11. The lowest BCUT2D eigenvalue weighted by Gasteiger charge is -2.13. The first-order chi connectivity index (χ1) is 27.2. The molecular weight excluding hydrogens is 673 g/mol. The topological polar surface area (TPSA) is 69.4 Å². The largest absolute Gasteiger partial charge is 0.294 e. The molecule has 6 aromatic carbocycles. The predicted molar refractivity (Wildman–Crippen MR) is 222 cm³/mol. The molecule has 0 saturated heterocycles. The predicted octanol–water partition coefficient (Wildman–Crippen LogP) is 11.8. The maximum Gasteiger partial charge on any atom is 0.164 e. The Balaban J connectivity index is 1.18. The Hall–Kier alpha value is -7.57. The minimum absolute atomic E-state index is 0.605. The SMILES string of the molecule is c1ccc(-c2nc(-c3ccccc3)nc(-c3cc(-c4ccc(-c5ccccn5)cc4)cc(-c4ccc5c(c4)c4ccccc4n5-c4ccccn4)c3)n2)cc1. The summed E-state index contributed by atoms with van der Waals surface area (Å²) in [5.74, 6) is 2.74. The summed E-state index contributed by atoms with van der Waals surface area (Å²) < 4.78 is 2.24. The molecule has 55 heavy (non-hydrogen) atoms. The minimum Gasteiger partial charge on any atom is -0.294 e. The van der Waals surface area contributed by atoms with Crippen molar-refractivity contribution in [3.63, 3.8) is 0 Å². The average Bonchev–Trinajstić information content (AvgIpc) is 3.61. The van der Waals surface area contributed by atoms with Crippen LogP contribution in [0.3, 0.4) is 0 Å². The molecule has 6 heteroatoms. The van der Waals surface area contributed by atoms with Crippen LogP contribution in [0.2, 0.25) is 0 Å². The number of para-hydroxylation sites is 1. The van der Waals surface area contributed by atoms with Crippen LogP contribution >= 0.6 is 0 Å². The monoisotopic (exact) mass is 704 g/mol. The number of aromatic nitrogens is 6. The summed E-state index contributed by atoms with van der Waals surface area (Å²) in [6, 6.07) is 62.7. The fraction of sp³-hybridized carbons (Fsp3) is 0. The van der Waals surface area contributed by atoms with Gasteiger partial charge in [-0.25, -0.2) is 19.9 Å². The molecule has 0 spiro atoms. The van der Waals surface area contributed by atoms with Crippen molar-refractivity contribution in [2.75, 3.05) is 0 Å². The van der Waals surface area contributed by atoms with Gasteiger partial charge in [0.05, 0.1) is 16.7 Å².